The van der Waals surface area contributed by atoms with E-state index in [1.165, 1.54) is 17.2 Å². The lowest BCUT2D eigenvalue weighted by molar-refractivity contribution is -0.138. The molecule has 1 aromatic heterocycles. The van der Waals surface area contributed by atoms with Crippen molar-refractivity contribution >= 4 is 23.5 Å². The van der Waals surface area contributed by atoms with Gasteiger partial charge in [-0.2, -0.15) is 5.26 Å². The summed E-state index contributed by atoms with van der Waals surface area (Å²) in [7, 11) is 1.59. The molecule has 0 aliphatic heterocycles. The molecule has 23 heavy (non-hydrogen) atoms. The van der Waals surface area contributed by atoms with Crippen LogP contribution in [-0.4, -0.2) is 41.0 Å². The lowest BCUT2D eigenvalue weighted by Gasteiger charge is -2.38. The minimum Gasteiger partial charge on any atom is -0.452 e. The maximum atomic E-state index is 12.3. The van der Waals surface area contributed by atoms with Crippen molar-refractivity contribution in [2.45, 2.75) is 37.6 Å². The summed E-state index contributed by atoms with van der Waals surface area (Å²) in [6.07, 6.45) is 5.65. The van der Waals surface area contributed by atoms with Gasteiger partial charge in [0.05, 0.1) is 11.6 Å². The molecule has 0 saturated heterocycles. The number of hydrogen-bond acceptors (Lipinski definition) is 5. The van der Waals surface area contributed by atoms with E-state index in [0.717, 1.165) is 19.3 Å². The number of rotatable bonds is 4. The Bertz CT molecular complexity index is 636. The highest BCUT2D eigenvalue weighted by Gasteiger charge is 2.39. The average molecular weight is 336 g/mol. The van der Waals surface area contributed by atoms with Gasteiger partial charge in [0.2, 0.25) is 0 Å². The van der Waals surface area contributed by atoms with Crippen molar-refractivity contribution in [2.24, 2.45) is 0 Å². The van der Waals surface area contributed by atoms with Crippen molar-refractivity contribution in [3.05, 3.63) is 29.0 Å². The second-order valence-electron chi connectivity index (χ2n) is 5.57. The molecule has 1 aliphatic rings. The van der Waals surface area contributed by atoms with Crippen LogP contribution in [0.15, 0.2) is 18.3 Å². The van der Waals surface area contributed by atoms with Crippen LogP contribution in [-0.2, 0) is 9.53 Å². The van der Waals surface area contributed by atoms with E-state index in [1.54, 1.807) is 13.1 Å². The summed E-state index contributed by atoms with van der Waals surface area (Å²) in [5.41, 5.74) is -0.689. The van der Waals surface area contributed by atoms with Gasteiger partial charge >= 0.3 is 5.97 Å². The van der Waals surface area contributed by atoms with E-state index >= 15 is 0 Å². The summed E-state index contributed by atoms with van der Waals surface area (Å²) in [5, 5.41) is 9.50. The summed E-state index contributed by atoms with van der Waals surface area (Å²) in [6, 6.07) is 5.29. The van der Waals surface area contributed by atoms with Crippen LogP contribution in [0.1, 0.15) is 42.5 Å². The normalized spacial score (nSPS) is 16.2. The number of amides is 1. The van der Waals surface area contributed by atoms with Gasteiger partial charge in [0.15, 0.2) is 6.61 Å². The topological polar surface area (TPSA) is 83.3 Å². The van der Waals surface area contributed by atoms with Crippen molar-refractivity contribution in [2.75, 3.05) is 13.7 Å². The Kier molecular flexibility index (Phi) is 5.56. The van der Waals surface area contributed by atoms with Gasteiger partial charge in [-0.05, 0) is 25.0 Å². The molecule has 0 aromatic carbocycles. The monoisotopic (exact) mass is 335 g/mol. The Morgan fingerprint density at radius 2 is 2.13 bits per heavy atom. The second-order valence-corrected chi connectivity index (χ2v) is 5.93. The second kappa shape index (κ2) is 7.42. The number of nitriles is 1. The molecular formula is C16H18ClN3O3. The SMILES string of the molecule is CN(C(=O)COC(=O)c1cccnc1Cl)C1(C#N)CCCCC1. The van der Waals surface area contributed by atoms with Crippen LogP contribution < -0.4 is 0 Å². The highest BCUT2D eigenvalue weighted by Crippen LogP contribution is 2.32. The molecule has 0 spiro atoms. The number of likely N-dealkylation sites (N-methyl/N-ethyl adjacent to an activating group) is 1. The largest absolute Gasteiger partial charge is 0.452 e. The molecule has 6 nitrogen and oxygen atoms in total. The van der Waals surface area contributed by atoms with Crippen molar-refractivity contribution in [3.8, 4) is 6.07 Å². The maximum absolute atomic E-state index is 12.3. The van der Waals surface area contributed by atoms with Crippen LogP contribution in [0.2, 0.25) is 5.15 Å². The lowest BCUT2D eigenvalue weighted by Crippen LogP contribution is -2.51. The van der Waals surface area contributed by atoms with Crippen LogP contribution in [0.4, 0.5) is 0 Å². The fraction of sp³-hybridized carbons (Fsp3) is 0.500. The number of carbonyl (C=O) groups is 2. The molecule has 122 valence electrons. The molecule has 7 heteroatoms. The van der Waals surface area contributed by atoms with Crippen LogP contribution in [0.5, 0.6) is 0 Å². The Balaban J connectivity index is 1.98. The molecule has 1 heterocycles. The standard InChI is InChI=1S/C16H18ClN3O3/c1-20(16(11-18)7-3-2-4-8-16)13(21)10-23-15(22)12-6-5-9-19-14(12)17/h5-6,9H,2-4,7-8,10H2,1H3. The third-order valence-corrected chi connectivity index (χ3v) is 4.51. The van der Waals surface area contributed by atoms with E-state index in [2.05, 4.69) is 11.1 Å². The first-order valence-corrected chi connectivity index (χ1v) is 7.83. The van der Waals surface area contributed by atoms with Crippen LogP contribution in [0.3, 0.4) is 0 Å². The van der Waals surface area contributed by atoms with E-state index in [0.29, 0.717) is 12.8 Å². The zero-order chi connectivity index (χ0) is 16.9. The van der Waals surface area contributed by atoms with Gasteiger partial charge in [0.1, 0.15) is 10.7 Å². The number of ether oxygens (including phenoxy) is 1. The van der Waals surface area contributed by atoms with Gasteiger partial charge in [0.25, 0.3) is 5.91 Å². The summed E-state index contributed by atoms with van der Waals surface area (Å²) >= 11 is 5.81. The van der Waals surface area contributed by atoms with Gasteiger partial charge in [-0.25, -0.2) is 9.78 Å². The summed E-state index contributed by atoms with van der Waals surface area (Å²) < 4.78 is 5.01. The fourth-order valence-corrected chi connectivity index (χ4v) is 2.93. The number of aromatic nitrogens is 1. The van der Waals surface area contributed by atoms with Crippen molar-refractivity contribution < 1.29 is 14.3 Å². The summed E-state index contributed by atoms with van der Waals surface area (Å²) in [4.78, 5) is 29.4. The molecule has 1 saturated carbocycles. The molecule has 0 unspecified atom stereocenters. The van der Waals surface area contributed by atoms with Crippen molar-refractivity contribution in [3.63, 3.8) is 0 Å². The third kappa shape index (κ3) is 3.80. The average Bonchev–Trinajstić information content (AvgIpc) is 2.59. The predicted octanol–water partition coefficient (Wildman–Crippen LogP) is 2.58. The number of carbonyl (C=O) groups excluding carboxylic acids is 2. The molecule has 0 atom stereocenters. The first-order chi connectivity index (χ1) is 11.0. The van der Waals surface area contributed by atoms with Crippen LogP contribution >= 0.6 is 11.6 Å². The minimum absolute atomic E-state index is 0.0269. The molecule has 1 fully saturated rings. The Morgan fingerprint density at radius 1 is 1.43 bits per heavy atom. The van der Waals surface area contributed by atoms with E-state index in [9.17, 15) is 14.9 Å². The highest BCUT2D eigenvalue weighted by atomic mass is 35.5. The molecule has 1 amide bonds. The van der Waals surface area contributed by atoms with Gasteiger partial charge in [-0.1, -0.05) is 30.9 Å². The van der Waals surface area contributed by atoms with Gasteiger partial charge in [-0.3, -0.25) is 4.79 Å². The molecule has 1 aliphatic carbocycles. The number of pyridine rings is 1. The maximum Gasteiger partial charge on any atom is 0.341 e. The summed E-state index contributed by atoms with van der Waals surface area (Å²) in [6.45, 7) is -0.427. The van der Waals surface area contributed by atoms with Crippen LogP contribution in [0, 0.1) is 11.3 Å². The van der Waals surface area contributed by atoms with Gasteiger partial charge < -0.3 is 9.64 Å². The quantitative estimate of drug-likeness (QED) is 0.623. The Hall–Kier alpha value is -2.13. The number of nitrogens with zero attached hydrogens (tertiary/aromatic N) is 3. The van der Waals surface area contributed by atoms with E-state index in [-0.39, 0.29) is 10.7 Å². The van der Waals surface area contributed by atoms with Gasteiger partial charge in [-0.15, -0.1) is 0 Å². The molecular weight excluding hydrogens is 318 g/mol. The van der Waals surface area contributed by atoms with Crippen molar-refractivity contribution in [1.82, 2.24) is 9.88 Å². The van der Waals surface area contributed by atoms with Crippen LogP contribution in [0.25, 0.3) is 0 Å². The Morgan fingerprint density at radius 3 is 2.74 bits per heavy atom. The zero-order valence-electron chi connectivity index (χ0n) is 12.9. The smallest absolute Gasteiger partial charge is 0.341 e. The van der Waals surface area contributed by atoms with E-state index in [1.807, 2.05) is 0 Å². The molecule has 1 aromatic rings. The van der Waals surface area contributed by atoms with E-state index in [4.69, 9.17) is 16.3 Å². The number of esters is 1. The van der Waals surface area contributed by atoms with Gasteiger partial charge in [0, 0.05) is 13.2 Å². The number of halogens is 1. The lowest BCUT2D eigenvalue weighted by atomic mass is 9.81. The molecule has 0 radical (unpaired) electrons. The number of hydrogen-bond donors (Lipinski definition) is 0. The molecule has 0 N–H and O–H groups in total. The molecule has 0 bridgehead atoms. The van der Waals surface area contributed by atoms with E-state index < -0.39 is 24.0 Å². The Labute approximate surface area is 140 Å². The summed E-state index contributed by atoms with van der Waals surface area (Å²) in [5.74, 6) is -1.11. The van der Waals surface area contributed by atoms with Crippen molar-refractivity contribution in [1.29, 1.82) is 5.26 Å². The molecule has 2 rings (SSSR count). The fourth-order valence-electron chi connectivity index (χ4n) is 2.74. The minimum atomic E-state index is -0.798. The third-order valence-electron chi connectivity index (χ3n) is 4.21. The predicted molar refractivity (Wildman–Crippen MR) is 83.7 cm³/mol. The first kappa shape index (κ1) is 17.2. The zero-order valence-corrected chi connectivity index (χ0v) is 13.7. The highest BCUT2D eigenvalue weighted by molar-refractivity contribution is 6.32. The first-order valence-electron chi connectivity index (χ1n) is 7.46.